The SMILES string of the molecule is CNC1CCCCN(Cc2cnc(C)s2)C1=O. The van der Waals surface area contributed by atoms with Crippen LogP contribution in [-0.4, -0.2) is 35.4 Å². The maximum absolute atomic E-state index is 12.2. The zero-order valence-electron chi connectivity index (χ0n) is 10.4. The first-order valence-corrected chi connectivity index (χ1v) is 6.89. The minimum absolute atomic E-state index is 0.00785. The average Bonchev–Trinajstić information content (AvgIpc) is 2.64. The van der Waals surface area contributed by atoms with Crippen LogP contribution in [0.3, 0.4) is 0 Å². The fraction of sp³-hybridized carbons (Fsp3) is 0.667. The van der Waals surface area contributed by atoms with Crippen molar-refractivity contribution in [2.45, 2.75) is 38.8 Å². The number of hydrogen-bond acceptors (Lipinski definition) is 4. The van der Waals surface area contributed by atoms with Crippen molar-refractivity contribution >= 4 is 17.2 Å². The fourth-order valence-electron chi connectivity index (χ4n) is 2.20. The topological polar surface area (TPSA) is 45.2 Å². The zero-order chi connectivity index (χ0) is 12.3. The van der Waals surface area contributed by atoms with Crippen molar-refractivity contribution in [2.75, 3.05) is 13.6 Å². The monoisotopic (exact) mass is 253 g/mol. The van der Waals surface area contributed by atoms with E-state index in [4.69, 9.17) is 0 Å². The molecule has 0 radical (unpaired) electrons. The van der Waals surface area contributed by atoms with Crippen LogP contribution >= 0.6 is 11.3 Å². The quantitative estimate of drug-likeness (QED) is 0.889. The minimum Gasteiger partial charge on any atom is -0.336 e. The van der Waals surface area contributed by atoms with Gasteiger partial charge in [0, 0.05) is 17.6 Å². The summed E-state index contributed by atoms with van der Waals surface area (Å²) in [7, 11) is 1.86. The molecule has 17 heavy (non-hydrogen) atoms. The van der Waals surface area contributed by atoms with Gasteiger partial charge in [0.2, 0.25) is 5.91 Å². The first-order valence-electron chi connectivity index (χ1n) is 6.08. The Morgan fingerprint density at radius 2 is 2.41 bits per heavy atom. The summed E-state index contributed by atoms with van der Waals surface area (Å²) in [6.45, 7) is 3.57. The van der Waals surface area contributed by atoms with Crippen LogP contribution in [0.25, 0.3) is 0 Å². The molecule has 0 aromatic carbocycles. The van der Waals surface area contributed by atoms with E-state index in [2.05, 4.69) is 10.3 Å². The second-order valence-corrected chi connectivity index (χ2v) is 5.76. The van der Waals surface area contributed by atoms with E-state index in [1.165, 1.54) is 4.88 Å². The Hall–Kier alpha value is -0.940. The highest BCUT2D eigenvalue weighted by atomic mass is 32.1. The van der Waals surface area contributed by atoms with Crippen LogP contribution in [0.1, 0.15) is 29.1 Å². The van der Waals surface area contributed by atoms with Crippen molar-refractivity contribution in [2.24, 2.45) is 0 Å². The first kappa shape index (κ1) is 12.5. The third kappa shape index (κ3) is 3.04. The Labute approximate surface area is 106 Å². The number of carbonyl (C=O) groups is 1. The Bertz CT molecular complexity index is 391. The van der Waals surface area contributed by atoms with Gasteiger partial charge in [0.05, 0.1) is 17.6 Å². The molecule has 1 atom stereocenters. The number of rotatable bonds is 3. The van der Waals surface area contributed by atoms with Gasteiger partial charge in [-0.25, -0.2) is 4.98 Å². The summed E-state index contributed by atoms with van der Waals surface area (Å²) >= 11 is 1.67. The number of thiazole rings is 1. The summed E-state index contributed by atoms with van der Waals surface area (Å²) in [6.07, 6.45) is 5.05. The van der Waals surface area contributed by atoms with E-state index in [0.29, 0.717) is 6.54 Å². The highest BCUT2D eigenvalue weighted by molar-refractivity contribution is 7.11. The van der Waals surface area contributed by atoms with E-state index in [0.717, 1.165) is 30.8 Å². The molecule has 1 saturated heterocycles. The lowest BCUT2D eigenvalue weighted by atomic mass is 10.1. The minimum atomic E-state index is -0.00785. The maximum atomic E-state index is 12.2. The van der Waals surface area contributed by atoms with Crippen molar-refractivity contribution in [3.8, 4) is 0 Å². The molecule has 1 N–H and O–H groups in total. The number of nitrogens with one attached hydrogen (secondary N) is 1. The van der Waals surface area contributed by atoms with Crippen molar-refractivity contribution < 1.29 is 4.79 Å². The van der Waals surface area contributed by atoms with E-state index in [1.54, 1.807) is 11.3 Å². The van der Waals surface area contributed by atoms with Gasteiger partial charge in [0.25, 0.3) is 0 Å². The highest BCUT2D eigenvalue weighted by Gasteiger charge is 2.25. The second-order valence-electron chi connectivity index (χ2n) is 4.44. The van der Waals surface area contributed by atoms with E-state index < -0.39 is 0 Å². The van der Waals surface area contributed by atoms with Gasteiger partial charge in [-0.3, -0.25) is 4.79 Å². The van der Waals surface area contributed by atoms with E-state index in [1.807, 2.05) is 25.1 Å². The third-order valence-corrected chi connectivity index (χ3v) is 4.04. The Balaban J connectivity index is 2.05. The van der Waals surface area contributed by atoms with Crippen LogP contribution in [0.4, 0.5) is 0 Å². The molecule has 1 aliphatic heterocycles. The summed E-state index contributed by atoms with van der Waals surface area (Å²) in [5, 5.41) is 4.17. The largest absolute Gasteiger partial charge is 0.336 e. The van der Waals surface area contributed by atoms with Crippen molar-refractivity contribution in [1.29, 1.82) is 0 Å². The van der Waals surface area contributed by atoms with Gasteiger partial charge in [-0.05, 0) is 33.2 Å². The van der Waals surface area contributed by atoms with Gasteiger partial charge in [0.15, 0.2) is 0 Å². The normalized spacial score (nSPS) is 21.6. The van der Waals surface area contributed by atoms with Gasteiger partial charge < -0.3 is 10.2 Å². The highest BCUT2D eigenvalue weighted by Crippen LogP contribution is 2.18. The molecule has 0 spiro atoms. The van der Waals surface area contributed by atoms with E-state index in [9.17, 15) is 4.79 Å². The number of nitrogens with zero attached hydrogens (tertiary/aromatic N) is 2. The Kier molecular flexibility index (Phi) is 4.12. The number of likely N-dealkylation sites (N-methyl/N-ethyl adjacent to an activating group) is 1. The molecule has 1 amide bonds. The lowest BCUT2D eigenvalue weighted by Crippen LogP contribution is -2.43. The lowest BCUT2D eigenvalue weighted by Gasteiger charge is -2.23. The Morgan fingerprint density at radius 1 is 1.59 bits per heavy atom. The number of aromatic nitrogens is 1. The van der Waals surface area contributed by atoms with Gasteiger partial charge >= 0.3 is 0 Å². The van der Waals surface area contributed by atoms with E-state index in [-0.39, 0.29) is 11.9 Å². The van der Waals surface area contributed by atoms with E-state index >= 15 is 0 Å². The smallest absolute Gasteiger partial charge is 0.240 e. The molecule has 5 heteroatoms. The van der Waals surface area contributed by atoms with Crippen molar-refractivity contribution in [3.63, 3.8) is 0 Å². The van der Waals surface area contributed by atoms with Crippen LogP contribution in [0.2, 0.25) is 0 Å². The molecule has 2 rings (SSSR count). The molecule has 1 aromatic heterocycles. The number of likely N-dealkylation sites (tertiary alicyclic amines) is 1. The zero-order valence-corrected chi connectivity index (χ0v) is 11.2. The van der Waals surface area contributed by atoms with Crippen LogP contribution in [0, 0.1) is 6.92 Å². The van der Waals surface area contributed by atoms with Gasteiger partial charge in [-0.15, -0.1) is 11.3 Å². The van der Waals surface area contributed by atoms with Crippen LogP contribution < -0.4 is 5.32 Å². The second kappa shape index (κ2) is 5.60. The molecule has 1 fully saturated rings. The molecular formula is C12H19N3OS. The molecule has 94 valence electrons. The van der Waals surface area contributed by atoms with Gasteiger partial charge in [-0.1, -0.05) is 0 Å². The fourth-order valence-corrected chi connectivity index (χ4v) is 3.01. The summed E-state index contributed by atoms with van der Waals surface area (Å²) < 4.78 is 0. The molecule has 4 nitrogen and oxygen atoms in total. The number of amides is 1. The van der Waals surface area contributed by atoms with Gasteiger partial charge in [-0.2, -0.15) is 0 Å². The van der Waals surface area contributed by atoms with Crippen LogP contribution in [-0.2, 0) is 11.3 Å². The molecule has 1 aromatic rings. The molecular weight excluding hydrogens is 234 g/mol. The average molecular weight is 253 g/mol. The standard InChI is InChI=1S/C12H19N3OS/c1-9-14-7-10(17-9)8-15-6-4-3-5-11(13-2)12(15)16/h7,11,13H,3-6,8H2,1-2H3. The number of carbonyl (C=O) groups excluding carboxylic acids is 1. The van der Waals surface area contributed by atoms with Crippen molar-refractivity contribution in [1.82, 2.24) is 15.2 Å². The predicted molar refractivity (Wildman–Crippen MR) is 69.0 cm³/mol. The molecule has 1 aliphatic rings. The Morgan fingerprint density at radius 3 is 3.06 bits per heavy atom. The summed E-state index contributed by atoms with van der Waals surface area (Å²) in [6, 6.07) is -0.00785. The number of hydrogen-bond donors (Lipinski definition) is 1. The molecule has 0 aliphatic carbocycles. The molecule has 1 unspecified atom stereocenters. The summed E-state index contributed by atoms with van der Waals surface area (Å²) in [4.78, 5) is 19.6. The van der Waals surface area contributed by atoms with Crippen LogP contribution in [0.15, 0.2) is 6.20 Å². The third-order valence-electron chi connectivity index (χ3n) is 3.14. The number of aryl methyl sites for hydroxylation is 1. The summed E-state index contributed by atoms with van der Waals surface area (Å²) in [5.41, 5.74) is 0. The lowest BCUT2D eigenvalue weighted by molar-refractivity contribution is -0.133. The van der Waals surface area contributed by atoms with Gasteiger partial charge in [0.1, 0.15) is 0 Å². The van der Waals surface area contributed by atoms with Crippen LogP contribution in [0.5, 0.6) is 0 Å². The maximum Gasteiger partial charge on any atom is 0.240 e. The predicted octanol–water partition coefficient (Wildman–Crippen LogP) is 1.55. The molecule has 0 saturated carbocycles. The van der Waals surface area contributed by atoms with Crippen molar-refractivity contribution in [3.05, 3.63) is 16.1 Å². The first-order chi connectivity index (χ1) is 8.20. The summed E-state index contributed by atoms with van der Waals surface area (Å²) in [5.74, 6) is 0.232. The molecule has 0 bridgehead atoms. The molecule has 2 heterocycles.